The Morgan fingerprint density at radius 1 is 1.35 bits per heavy atom. The van der Waals surface area contributed by atoms with Crippen LogP contribution in [-0.2, 0) is 0 Å². The number of benzene rings is 1. The summed E-state index contributed by atoms with van der Waals surface area (Å²) in [5.41, 5.74) is 1.36. The summed E-state index contributed by atoms with van der Waals surface area (Å²) in [6.45, 7) is 9.22. The molecule has 1 aliphatic heterocycles. The third kappa shape index (κ3) is 4.22. The van der Waals surface area contributed by atoms with Crippen LogP contribution in [0.3, 0.4) is 0 Å². The Labute approximate surface area is 123 Å². The van der Waals surface area contributed by atoms with Gasteiger partial charge < -0.3 is 15.0 Å². The lowest BCUT2D eigenvalue weighted by atomic mass is 10.1. The summed E-state index contributed by atoms with van der Waals surface area (Å²) in [5.74, 6) is 1.77. The molecule has 0 aromatic heterocycles. The zero-order valence-electron chi connectivity index (χ0n) is 13.1. The number of hydrogen-bond donors (Lipinski definition) is 1. The summed E-state index contributed by atoms with van der Waals surface area (Å²) in [6, 6.07) is 8.91. The molecule has 1 aromatic carbocycles. The van der Waals surface area contributed by atoms with E-state index in [9.17, 15) is 0 Å². The molecule has 1 fully saturated rings. The highest BCUT2D eigenvalue weighted by Crippen LogP contribution is 2.22. The zero-order valence-corrected chi connectivity index (χ0v) is 13.1. The Hall–Kier alpha value is -1.06. The first kappa shape index (κ1) is 15.3. The minimum Gasteiger partial charge on any atom is -0.497 e. The number of nitrogens with zero attached hydrogens (tertiary/aromatic N) is 1. The lowest BCUT2D eigenvalue weighted by molar-refractivity contribution is 0.284. The number of methoxy groups -OCH3 is 1. The van der Waals surface area contributed by atoms with Gasteiger partial charge in [0.2, 0.25) is 0 Å². The molecule has 112 valence electrons. The first-order chi connectivity index (χ1) is 9.72. The van der Waals surface area contributed by atoms with Crippen molar-refractivity contribution in [1.29, 1.82) is 0 Å². The van der Waals surface area contributed by atoms with Gasteiger partial charge in [0.1, 0.15) is 5.75 Å². The fraction of sp³-hybridized carbons (Fsp3) is 0.647. The van der Waals surface area contributed by atoms with Gasteiger partial charge in [-0.25, -0.2) is 0 Å². The molecule has 1 saturated heterocycles. The largest absolute Gasteiger partial charge is 0.497 e. The fourth-order valence-corrected chi connectivity index (χ4v) is 2.89. The topological polar surface area (TPSA) is 24.5 Å². The van der Waals surface area contributed by atoms with Crippen molar-refractivity contribution in [2.45, 2.75) is 32.7 Å². The molecule has 0 bridgehead atoms. The van der Waals surface area contributed by atoms with Crippen LogP contribution in [0, 0.1) is 5.92 Å². The molecule has 0 saturated carbocycles. The summed E-state index contributed by atoms with van der Waals surface area (Å²) >= 11 is 0. The van der Waals surface area contributed by atoms with E-state index in [1.54, 1.807) is 7.11 Å². The number of rotatable bonds is 7. The van der Waals surface area contributed by atoms with Crippen molar-refractivity contribution < 1.29 is 4.74 Å². The molecule has 0 amide bonds. The standard InChI is InChI=1S/C17H28N2O/c1-4-10-18-17(13-19-11-9-14(2)12-19)15-5-7-16(20-3)8-6-15/h5-8,14,17-18H,4,9-13H2,1-3H3. The van der Waals surface area contributed by atoms with E-state index < -0.39 is 0 Å². The van der Waals surface area contributed by atoms with Gasteiger partial charge in [0.25, 0.3) is 0 Å². The van der Waals surface area contributed by atoms with Crippen LogP contribution >= 0.6 is 0 Å². The predicted molar refractivity (Wildman–Crippen MR) is 84.2 cm³/mol. The van der Waals surface area contributed by atoms with Crippen LogP contribution in [0.25, 0.3) is 0 Å². The maximum absolute atomic E-state index is 5.25. The van der Waals surface area contributed by atoms with E-state index >= 15 is 0 Å². The molecule has 3 heteroatoms. The van der Waals surface area contributed by atoms with E-state index in [1.165, 1.54) is 31.5 Å². The van der Waals surface area contributed by atoms with Crippen LogP contribution < -0.4 is 10.1 Å². The molecule has 1 aliphatic rings. The quantitative estimate of drug-likeness (QED) is 0.828. The summed E-state index contributed by atoms with van der Waals surface area (Å²) in [4.78, 5) is 2.59. The minimum absolute atomic E-state index is 0.422. The van der Waals surface area contributed by atoms with E-state index in [0.717, 1.165) is 24.8 Å². The van der Waals surface area contributed by atoms with E-state index in [0.29, 0.717) is 6.04 Å². The van der Waals surface area contributed by atoms with E-state index in [-0.39, 0.29) is 0 Å². The third-order valence-corrected chi connectivity index (χ3v) is 4.11. The van der Waals surface area contributed by atoms with Crippen molar-refractivity contribution in [2.75, 3.05) is 33.3 Å². The molecule has 0 aliphatic carbocycles. The van der Waals surface area contributed by atoms with Gasteiger partial charge >= 0.3 is 0 Å². The van der Waals surface area contributed by atoms with E-state index in [1.807, 2.05) is 0 Å². The molecule has 2 atom stereocenters. The second-order valence-corrected chi connectivity index (χ2v) is 5.93. The molecule has 0 radical (unpaired) electrons. The number of ether oxygens (including phenoxy) is 1. The minimum atomic E-state index is 0.422. The molecule has 3 nitrogen and oxygen atoms in total. The van der Waals surface area contributed by atoms with Gasteiger partial charge in [-0.1, -0.05) is 26.0 Å². The first-order valence-corrected chi connectivity index (χ1v) is 7.82. The van der Waals surface area contributed by atoms with Gasteiger partial charge in [0.15, 0.2) is 0 Å². The van der Waals surface area contributed by atoms with E-state index in [4.69, 9.17) is 4.74 Å². The Bertz CT molecular complexity index is 390. The van der Waals surface area contributed by atoms with Crippen molar-refractivity contribution >= 4 is 0 Å². The van der Waals surface area contributed by atoms with Gasteiger partial charge in [0, 0.05) is 19.1 Å². The van der Waals surface area contributed by atoms with Gasteiger partial charge in [-0.05, 0) is 49.5 Å². The maximum atomic E-state index is 5.25. The lowest BCUT2D eigenvalue weighted by Gasteiger charge is -2.25. The van der Waals surface area contributed by atoms with Crippen molar-refractivity contribution in [2.24, 2.45) is 5.92 Å². The van der Waals surface area contributed by atoms with Crippen LogP contribution in [0.2, 0.25) is 0 Å². The monoisotopic (exact) mass is 276 g/mol. The molecule has 20 heavy (non-hydrogen) atoms. The second kappa shape index (κ2) is 7.65. The second-order valence-electron chi connectivity index (χ2n) is 5.93. The molecule has 2 unspecified atom stereocenters. The van der Waals surface area contributed by atoms with Gasteiger partial charge in [-0.2, -0.15) is 0 Å². The van der Waals surface area contributed by atoms with Gasteiger partial charge in [-0.15, -0.1) is 0 Å². The first-order valence-electron chi connectivity index (χ1n) is 7.82. The fourth-order valence-electron chi connectivity index (χ4n) is 2.89. The maximum Gasteiger partial charge on any atom is 0.118 e. The van der Waals surface area contributed by atoms with Gasteiger partial charge in [-0.3, -0.25) is 0 Å². The van der Waals surface area contributed by atoms with Crippen molar-refractivity contribution in [3.8, 4) is 5.75 Å². The van der Waals surface area contributed by atoms with Crippen molar-refractivity contribution in [3.63, 3.8) is 0 Å². The number of nitrogens with one attached hydrogen (secondary N) is 1. The third-order valence-electron chi connectivity index (χ3n) is 4.11. The Morgan fingerprint density at radius 2 is 2.10 bits per heavy atom. The smallest absolute Gasteiger partial charge is 0.118 e. The Morgan fingerprint density at radius 3 is 2.65 bits per heavy atom. The summed E-state index contributed by atoms with van der Waals surface area (Å²) < 4.78 is 5.25. The average molecular weight is 276 g/mol. The van der Waals surface area contributed by atoms with Crippen LogP contribution in [0.15, 0.2) is 24.3 Å². The normalized spacial score (nSPS) is 21.1. The average Bonchev–Trinajstić information content (AvgIpc) is 2.89. The molecule has 0 spiro atoms. The van der Waals surface area contributed by atoms with Crippen LogP contribution in [-0.4, -0.2) is 38.2 Å². The Balaban J connectivity index is 2.01. The molecular formula is C17H28N2O. The zero-order chi connectivity index (χ0) is 14.4. The molecule has 1 aromatic rings. The van der Waals surface area contributed by atoms with E-state index in [2.05, 4.69) is 48.3 Å². The number of likely N-dealkylation sites (tertiary alicyclic amines) is 1. The number of hydrogen-bond acceptors (Lipinski definition) is 3. The van der Waals surface area contributed by atoms with Crippen LogP contribution in [0.5, 0.6) is 5.75 Å². The van der Waals surface area contributed by atoms with Crippen molar-refractivity contribution in [3.05, 3.63) is 29.8 Å². The van der Waals surface area contributed by atoms with Crippen LogP contribution in [0.1, 0.15) is 38.3 Å². The Kier molecular flexibility index (Phi) is 5.86. The highest BCUT2D eigenvalue weighted by atomic mass is 16.5. The summed E-state index contributed by atoms with van der Waals surface area (Å²) in [7, 11) is 1.72. The lowest BCUT2D eigenvalue weighted by Crippen LogP contribution is -2.34. The highest BCUT2D eigenvalue weighted by Gasteiger charge is 2.22. The molecule has 1 N–H and O–H groups in total. The molecule has 2 rings (SSSR count). The summed E-state index contributed by atoms with van der Waals surface area (Å²) in [6.07, 6.45) is 2.51. The van der Waals surface area contributed by atoms with Gasteiger partial charge in [0.05, 0.1) is 7.11 Å². The SMILES string of the molecule is CCCNC(CN1CCC(C)C1)c1ccc(OC)cc1. The molecular weight excluding hydrogens is 248 g/mol. The molecule has 1 heterocycles. The predicted octanol–water partition coefficient (Wildman–Crippen LogP) is 3.08. The highest BCUT2D eigenvalue weighted by molar-refractivity contribution is 5.29. The van der Waals surface area contributed by atoms with Crippen molar-refractivity contribution in [1.82, 2.24) is 10.2 Å². The van der Waals surface area contributed by atoms with Crippen LogP contribution in [0.4, 0.5) is 0 Å². The summed E-state index contributed by atoms with van der Waals surface area (Å²) in [5, 5.41) is 3.68.